The van der Waals surface area contributed by atoms with Gasteiger partial charge in [0.15, 0.2) is 0 Å². The number of rotatable bonds is 2. The Morgan fingerprint density at radius 2 is 1.95 bits per heavy atom. The third-order valence-electron chi connectivity index (χ3n) is 3.77. The van der Waals surface area contributed by atoms with Crippen LogP contribution in [0.5, 0.6) is 0 Å². The summed E-state index contributed by atoms with van der Waals surface area (Å²) in [4.78, 5) is 14.0. The third kappa shape index (κ3) is 3.39. The van der Waals surface area contributed by atoms with Crippen molar-refractivity contribution in [1.29, 1.82) is 0 Å². The van der Waals surface area contributed by atoms with E-state index in [-0.39, 0.29) is 11.9 Å². The predicted molar refractivity (Wildman–Crippen MR) is 83.1 cm³/mol. The van der Waals surface area contributed by atoms with Gasteiger partial charge in [-0.2, -0.15) is 0 Å². The number of hydrogen-bond donors (Lipinski definition) is 1. The van der Waals surface area contributed by atoms with Gasteiger partial charge in [0.1, 0.15) is 0 Å². The summed E-state index contributed by atoms with van der Waals surface area (Å²) in [6, 6.07) is 6.98. The maximum absolute atomic E-state index is 12.2. The number of urea groups is 1. The van der Waals surface area contributed by atoms with Crippen LogP contribution in [0.3, 0.4) is 0 Å². The number of aryl methyl sites for hydroxylation is 1. The third-order valence-corrected chi connectivity index (χ3v) is 4.02. The number of nitrogens with one attached hydrogen (secondary N) is 1. The number of halogens is 1. The number of amides is 2. The molecule has 1 fully saturated rings. The van der Waals surface area contributed by atoms with Crippen LogP contribution in [-0.4, -0.2) is 34.2 Å². The highest BCUT2D eigenvalue weighted by Gasteiger charge is 2.27. The lowest BCUT2D eigenvalue weighted by Crippen LogP contribution is -2.40. The average Bonchev–Trinajstić information content (AvgIpc) is 2.96. The molecule has 116 valence electrons. The van der Waals surface area contributed by atoms with Gasteiger partial charge in [-0.15, -0.1) is 10.2 Å². The molecule has 2 amide bonds. The monoisotopic (exact) mass is 320 g/mol. The Bertz CT molecular complexity index is 648. The standard InChI is InChI=1S/C15H17ClN4O2/c1-10-18-19-14(22-10)11-6-8-20(9-7-11)15(21)17-13-4-2-12(16)3-5-13/h2-5,11H,6-9H2,1H3,(H,17,21). The van der Waals surface area contributed by atoms with E-state index >= 15 is 0 Å². The molecule has 0 unspecified atom stereocenters. The lowest BCUT2D eigenvalue weighted by Gasteiger charge is -2.30. The lowest BCUT2D eigenvalue weighted by molar-refractivity contribution is 0.189. The van der Waals surface area contributed by atoms with E-state index < -0.39 is 0 Å². The highest BCUT2D eigenvalue weighted by Crippen LogP contribution is 2.27. The van der Waals surface area contributed by atoms with Crippen LogP contribution in [-0.2, 0) is 0 Å². The van der Waals surface area contributed by atoms with Crippen molar-refractivity contribution >= 4 is 23.3 Å². The molecule has 1 aromatic heterocycles. The Kier molecular flexibility index (Phi) is 4.29. The number of nitrogens with zero attached hydrogens (tertiary/aromatic N) is 3. The van der Waals surface area contributed by atoms with Gasteiger partial charge in [0.05, 0.1) is 0 Å². The maximum atomic E-state index is 12.2. The fraction of sp³-hybridized carbons (Fsp3) is 0.400. The first kappa shape index (κ1) is 14.8. The Hall–Kier alpha value is -2.08. The summed E-state index contributed by atoms with van der Waals surface area (Å²) in [6.45, 7) is 3.13. The van der Waals surface area contributed by atoms with Crippen molar-refractivity contribution in [2.45, 2.75) is 25.7 Å². The molecule has 0 radical (unpaired) electrons. The molecule has 3 rings (SSSR count). The van der Waals surface area contributed by atoms with Crippen molar-refractivity contribution in [3.05, 3.63) is 41.1 Å². The molecule has 0 atom stereocenters. The van der Waals surface area contributed by atoms with Gasteiger partial charge in [0, 0.05) is 36.6 Å². The lowest BCUT2D eigenvalue weighted by atomic mass is 9.97. The van der Waals surface area contributed by atoms with E-state index in [9.17, 15) is 4.79 Å². The van der Waals surface area contributed by atoms with Crippen molar-refractivity contribution in [3.63, 3.8) is 0 Å². The molecule has 6 nitrogen and oxygen atoms in total. The van der Waals surface area contributed by atoms with Gasteiger partial charge in [-0.05, 0) is 37.1 Å². The number of likely N-dealkylation sites (tertiary alicyclic amines) is 1. The van der Waals surface area contributed by atoms with Gasteiger partial charge in [0.25, 0.3) is 0 Å². The van der Waals surface area contributed by atoms with E-state index in [1.54, 1.807) is 36.1 Å². The van der Waals surface area contributed by atoms with E-state index in [1.807, 2.05) is 0 Å². The molecule has 0 bridgehead atoms. The summed E-state index contributed by atoms with van der Waals surface area (Å²) in [7, 11) is 0. The van der Waals surface area contributed by atoms with E-state index in [2.05, 4.69) is 15.5 Å². The second-order valence-corrected chi connectivity index (χ2v) is 5.79. The molecule has 1 saturated heterocycles. The van der Waals surface area contributed by atoms with Crippen molar-refractivity contribution < 1.29 is 9.21 Å². The average molecular weight is 321 g/mol. The second-order valence-electron chi connectivity index (χ2n) is 5.36. The van der Waals surface area contributed by atoms with Crippen molar-refractivity contribution in [3.8, 4) is 0 Å². The minimum atomic E-state index is -0.0949. The van der Waals surface area contributed by atoms with E-state index in [0.717, 1.165) is 18.5 Å². The fourth-order valence-electron chi connectivity index (χ4n) is 2.54. The zero-order valence-electron chi connectivity index (χ0n) is 12.3. The van der Waals surface area contributed by atoms with E-state index in [1.165, 1.54) is 0 Å². The SMILES string of the molecule is Cc1nnc(C2CCN(C(=O)Nc3ccc(Cl)cc3)CC2)o1. The molecule has 2 heterocycles. The summed E-state index contributed by atoms with van der Waals surface area (Å²) in [6.07, 6.45) is 1.66. The van der Waals surface area contributed by atoms with Crippen LogP contribution in [0, 0.1) is 6.92 Å². The smallest absolute Gasteiger partial charge is 0.321 e. The van der Waals surface area contributed by atoms with Crippen LogP contribution in [0.25, 0.3) is 0 Å². The first-order chi connectivity index (χ1) is 10.6. The summed E-state index contributed by atoms with van der Waals surface area (Å²) < 4.78 is 5.47. The molecule has 1 aliphatic heterocycles. The van der Waals surface area contributed by atoms with Gasteiger partial charge in [0.2, 0.25) is 11.8 Å². The van der Waals surface area contributed by atoms with Gasteiger partial charge in [-0.3, -0.25) is 0 Å². The van der Waals surface area contributed by atoms with Crippen LogP contribution in [0.4, 0.5) is 10.5 Å². The molecule has 1 N–H and O–H groups in total. The van der Waals surface area contributed by atoms with Crippen LogP contribution < -0.4 is 5.32 Å². The second kappa shape index (κ2) is 6.36. The number of hydrogen-bond acceptors (Lipinski definition) is 4. The summed E-state index contributed by atoms with van der Waals surface area (Å²) >= 11 is 5.83. The zero-order chi connectivity index (χ0) is 15.5. The molecule has 2 aromatic rings. The summed E-state index contributed by atoms with van der Waals surface area (Å²) in [5, 5.41) is 11.4. The molecule has 0 aliphatic carbocycles. The molecular formula is C15H17ClN4O2. The van der Waals surface area contributed by atoms with Gasteiger partial charge >= 0.3 is 6.03 Å². The predicted octanol–water partition coefficient (Wildman–Crippen LogP) is 3.44. The topological polar surface area (TPSA) is 71.3 Å². The zero-order valence-corrected chi connectivity index (χ0v) is 13.0. The number of aromatic nitrogens is 2. The molecular weight excluding hydrogens is 304 g/mol. The molecule has 1 aromatic carbocycles. The first-order valence-electron chi connectivity index (χ1n) is 7.23. The highest BCUT2D eigenvalue weighted by atomic mass is 35.5. The van der Waals surface area contributed by atoms with Crippen molar-refractivity contribution in [1.82, 2.24) is 15.1 Å². The first-order valence-corrected chi connectivity index (χ1v) is 7.61. The number of anilines is 1. The van der Waals surface area contributed by atoms with Crippen LogP contribution >= 0.6 is 11.6 Å². The maximum Gasteiger partial charge on any atom is 0.321 e. The van der Waals surface area contributed by atoms with Crippen LogP contribution in [0.1, 0.15) is 30.5 Å². The number of benzene rings is 1. The summed E-state index contributed by atoms with van der Waals surface area (Å²) in [5.41, 5.74) is 0.740. The fourth-order valence-corrected chi connectivity index (χ4v) is 2.67. The van der Waals surface area contributed by atoms with E-state index in [4.69, 9.17) is 16.0 Å². The molecule has 1 aliphatic rings. The molecule has 0 saturated carbocycles. The van der Waals surface area contributed by atoms with Gasteiger partial charge in [-0.25, -0.2) is 4.79 Å². The van der Waals surface area contributed by atoms with E-state index in [0.29, 0.717) is 29.9 Å². The Labute approximate surface area is 133 Å². The Balaban J connectivity index is 1.54. The molecule has 0 spiro atoms. The quantitative estimate of drug-likeness (QED) is 0.920. The summed E-state index contributed by atoms with van der Waals surface area (Å²) in [5.74, 6) is 1.49. The van der Waals surface area contributed by atoms with Gasteiger partial charge < -0.3 is 14.6 Å². The number of carbonyl (C=O) groups excluding carboxylic acids is 1. The molecule has 22 heavy (non-hydrogen) atoms. The van der Waals surface area contributed by atoms with Crippen LogP contribution in [0.2, 0.25) is 5.02 Å². The van der Waals surface area contributed by atoms with Crippen LogP contribution in [0.15, 0.2) is 28.7 Å². The minimum Gasteiger partial charge on any atom is -0.425 e. The Morgan fingerprint density at radius 3 is 2.55 bits per heavy atom. The minimum absolute atomic E-state index is 0.0949. The number of carbonyl (C=O) groups is 1. The van der Waals surface area contributed by atoms with Gasteiger partial charge in [-0.1, -0.05) is 11.6 Å². The van der Waals surface area contributed by atoms with Crippen molar-refractivity contribution in [2.75, 3.05) is 18.4 Å². The largest absolute Gasteiger partial charge is 0.425 e. The highest BCUT2D eigenvalue weighted by molar-refractivity contribution is 6.30. The normalized spacial score (nSPS) is 15.8. The van der Waals surface area contributed by atoms with Crippen molar-refractivity contribution in [2.24, 2.45) is 0 Å². The Morgan fingerprint density at radius 1 is 1.27 bits per heavy atom. The number of piperidine rings is 1. The molecule has 7 heteroatoms.